The Morgan fingerprint density at radius 3 is 0.532 bits per heavy atom. The molecule has 606 valence electrons. The monoisotopic (exact) mass is 1610 g/mol. The molecule has 0 saturated carbocycles. The van der Waals surface area contributed by atoms with Gasteiger partial charge in [-0.2, -0.15) is 0 Å². The number of hydrogen-bond donors (Lipinski definition) is 0. The molecule has 0 aliphatic heterocycles. The van der Waals surface area contributed by atoms with E-state index in [1.807, 2.05) is 0 Å². The van der Waals surface area contributed by atoms with E-state index in [2.05, 4.69) is 512 Å². The van der Waals surface area contributed by atoms with Crippen molar-refractivity contribution in [3.05, 3.63) is 592 Å². The molecule has 3 aliphatic rings. The van der Waals surface area contributed by atoms with Crippen molar-refractivity contribution < 1.29 is 0 Å². The van der Waals surface area contributed by atoms with Crippen LogP contribution >= 0.6 is 0 Å². The molecule has 126 heavy (non-hydrogen) atoms. The maximum Gasteiger partial charge on any atom is 0.0444 e. The van der Waals surface area contributed by atoms with Crippen molar-refractivity contribution >= 4 is 50.2 Å². The molecule has 0 bridgehead atoms. The van der Waals surface area contributed by atoms with Crippen LogP contribution in [0, 0.1) is 0 Å². The molecule has 0 radical (unpaired) electrons. The van der Waals surface area contributed by atoms with Crippen molar-refractivity contribution in [1.82, 2.24) is 0 Å². The molecule has 0 heteroatoms. The average molecular weight is 1620 g/mol. The quantitative estimate of drug-likeness (QED) is 0.0529. The van der Waals surface area contributed by atoms with Crippen LogP contribution in [0.5, 0.6) is 0 Å². The zero-order valence-corrected chi connectivity index (χ0v) is 72.0. The molecule has 0 aromatic heterocycles. The molecule has 19 rings (SSSR count). The van der Waals surface area contributed by atoms with Crippen LogP contribution < -0.4 is 0 Å². The normalized spacial score (nSPS) is 16.4. The van der Waals surface area contributed by atoms with Crippen LogP contribution in [0.3, 0.4) is 0 Å². The van der Waals surface area contributed by atoms with Gasteiger partial charge < -0.3 is 0 Å². The fraction of sp³-hybridized carbons (Fsp3) is 0.0952. The van der Waals surface area contributed by atoms with Crippen molar-refractivity contribution in [1.29, 1.82) is 0 Å². The van der Waals surface area contributed by atoms with E-state index in [1.54, 1.807) is 0 Å². The first-order valence-corrected chi connectivity index (χ1v) is 45.0. The summed E-state index contributed by atoms with van der Waals surface area (Å²) in [5, 5.41) is 0. The predicted molar refractivity (Wildman–Crippen MR) is 536 cm³/mol. The lowest BCUT2D eigenvalue weighted by Crippen LogP contribution is -2.38. The molecular formula is C126H102. The summed E-state index contributed by atoms with van der Waals surface area (Å²) in [6.45, 7) is 6.91. The minimum absolute atomic E-state index is 0.535. The van der Waals surface area contributed by atoms with Gasteiger partial charge in [0.05, 0.1) is 0 Å². The Kier molecular flexibility index (Phi) is 23.6. The second kappa shape index (κ2) is 36.7. The Bertz CT molecular complexity index is 5990. The first-order valence-electron chi connectivity index (χ1n) is 45.0. The second-order valence-electron chi connectivity index (χ2n) is 33.5. The van der Waals surface area contributed by atoms with Crippen molar-refractivity contribution in [2.45, 2.75) is 75.5 Å². The Hall–Kier alpha value is -14.8. The van der Waals surface area contributed by atoms with Gasteiger partial charge in [0.15, 0.2) is 0 Å². The molecule has 16 aromatic rings. The van der Waals surface area contributed by atoms with Crippen molar-refractivity contribution in [2.75, 3.05) is 0 Å². The van der Waals surface area contributed by atoms with Gasteiger partial charge in [0.1, 0.15) is 0 Å². The second-order valence-corrected chi connectivity index (χ2v) is 33.5. The fourth-order valence-corrected chi connectivity index (χ4v) is 20.3. The summed E-state index contributed by atoms with van der Waals surface area (Å²) in [5.74, 6) is 0. The molecule has 0 spiro atoms. The summed E-state index contributed by atoms with van der Waals surface area (Å²) in [7, 11) is 0. The van der Waals surface area contributed by atoms with E-state index in [0.717, 1.165) is 119 Å². The first kappa shape index (κ1) is 80.9. The number of rotatable bonds is 24. The summed E-state index contributed by atoms with van der Waals surface area (Å²) in [6.07, 6.45) is 27.7. The number of allylic oxidation sites excluding steroid dienone is 15. The van der Waals surface area contributed by atoms with Gasteiger partial charge in [-0.1, -0.05) is 512 Å². The first-order chi connectivity index (χ1) is 62.3. The van der Waals surface area contributed by atoms with E-state index >= 15 is 0 Å². The van der Waals surface area contributed by atoms with Crippen LogP contribution in [-0.2, 0) is 35.5 Å². The molecular weight excluding hydrogens is 1510 g/mol. The third kappa shape index (κ3) is 15.7. The van der Waals surface area contributed by atoms with Crippen molar-refractivity contribution in [3.8, 4) is 33.4 Å². The van der Waals surface area contributed by atoms with Crippen molar-refractivity contribution in [2.24, 2.45) is 0 Å². The van der Waals surface area contributed by atoms with Crippen LogP contribution in [0.25, 0.3) is 83.5 Å². The molecule has 0 nitrogen and oxygen atoms in total. The molecule has 16 aromatic carbocycles. The van der Waals surface area contributed by atoms with Gasteiger partial charge in [-0.3, -0.25) is 0 Å². The van der Waals surface area contributed by atoms with Crippen molar-refractivity contribution in [3.63, 3.8) is 0 Å². The molecule has 0 amide bonds. The highest BCUT2D eigenvalue weighted by Gasteiger charge is 2.53. The van der Waals surface area contributed by atoms with E-state index in [4.69, 9.17) is 0 Å². The zero-order valence-electron chi connectivity index (χ0n) is 72.0. The summed E-state index contributed by atoms with van der Waals surface area (Å²) in [5.41, 5.74) is 34.9. The van der Waals surface area contributed by atoms with Gasteiger partial charge in [0, 0.05) is 16.2 Å². The van der Waals surface area contributed by atoms with E-state index in [-0.39, 0.29) is 0 Å². The maximum atomic E-state index is 2.71. The van der Waals surface area contributed by atoms with Crippen LogP contribution in [0.4, 0.5) is 0 Å². The molecule has 3 aliphatic carbocycles. The van der Waals surface area contributed by atoms with E-state index < -0.39 is 16.2 Å². The maximum absolute atomic E-state index is 2.71. The van der Waals surface area contributed by atoms with Gasteiger partial charge in [0.2, 0.25) is 0 Å². The van der Waals surface area contributed by atoms with Gasteiger partial charge in [-0.05, 0) is 222 Å². The third-order valence-electron chi connectivity index (χ3n) is 26.3. The van der Waals surface area contributed by atoms with E-state index in [1.165, 1.54) is 83.5 Å². The Labute approximate surface area is 745 Å². The Morgan fingerprint density at radius 1 is 0.190 bits per heavy atom. The molecule has 0 N–H and O–H groups in total. The van der Waals surface area contributed by atoms with Gasteiger partial charge in [-0.25, -0.2) is 0 Å². The highest BCUT2D eigenvalue weighted by molar-refractivity contribution is 6.13. The zero-order chi connectivity index (χ0) is 85.1. The average Bonchev–Trinajstić information content (AvgIpc) is 0.667. The lowest BCUT2D eigenvalue weighted by Gasteiger charge is -2.49. The number of benzene rings is 16. The molecule has 3 unspecified atom stereocenters. The minimum Gasteiger partial charge on any atom is -0.0751 e. The third-order valence-corrected chi connectivity index (χ3v) is 26.3. The Balaban J connectivity index is 1.19. The highest BCUT2D eigenvalue weighted by Crippen LogP contribution is 2.67. The van der Waals surface area contributed by atoms with Crippen LogP contribution in [0.1, 0.15) is 140 Å². The van der Waals surface area contributed by atoms with E-state index in [9.17, 15) is 0 Å². The Morgan fingerprint density at radius 2 is 0.365 bits per heavy atom. The molecule has 0 fully saturated rings. The van der Waals surface area contributed by atoms with Crippen LogP contribution in [0.2, 0.25) is 0 Å². The van der Waals surface area contributed by atoms with E-state index in [0.29, 0.717) is 19.3 Å². The SMILES string of the molecule is CCc1ccc(-c2c(C3(C(=C(c4ccccc4)c4ccccc4)c4ccccc4)C=CC(c4ccccc4)=CC3)c(-c3ccc(CC)cc3)c(C3(C(=C(c4ccccc4)c4ccccc4)c4ccccc4)C=CC(c4ccccc4)=CC3)c(-c3ccc(CC)cc3)c2C2(C(=C(c3ccccc3)c3ccccc3)c3ccccc3)C=CC(c3ccccc3)=CC2)cc1. The fourth-order valence-electron chi connectivity index (χ4n) is 20.3. The topological polar surface area (TPSA) is 0 Å². The summed E-state index contributed by atoms with van der Waals surface area (Å²) >= 11 is 0. The lowest BCUT2D eigenvalue weighted by atomic mass is 9.52. The summed E-state index contributed by atoms with van der Waals surface area (Å²) in [4.78, 5) is 0. The summed E-state index contributed by atoms with van der Waals surface area (Å²) < 4.78 is 0. The van der Waals surface area contributed by atoms with Gasteiger partial charge in [-0.15, -0.1) is 0 Å². The number of aryl methyl sites for hydroxylation is 3. The highest BCUT2D eigenvalue weighted by atomic mass is 14.5. The van der Waals surface area contributed by atoms with Gasteiger partial charge in [0.25, 0.3) is 0 Å². The minimum atomic E-state index is -1.14. The molecule has 0 saturated heterocycles. The van der Waals surface area contributed by atoms with Crippen LogP contribution in [-0.4, -0.2) is 0 Å². The van der Waals surface area contributed by atoms with Gasteiger partial charge >= 0.3 is 0 Å². The summed E-state index contributed by atoms with van der Waals surface area (Å²) in [6, 6.07) is 166. The molecule has 0 heterocycles. The number of hydrogen-bond acceptors (Lipinski definition) is 0. The smallest absolute Gasteiger partial charge is 0.0444 e. The van der Waals surface area contributed by atoms with Crippen LogP contribution in [0.15, 0.2) is 491 Å². The predicted octanol–water partition coefficient (Wildman–Crippen LogP) is 32.2. The lowest BCUT2D eigenvalue weighted by molar-refractivity contribution is 0.660. The molecule has 3 atom stereocenters. The standard InChI is InChI=1S/C126H102/c1-4-91-67-73-106(74-68-91)115-121(124(85-79-97(80-86-124)94-43-19-7-20-44-94)118(109-61-37-16-38-62-109)112(100-49-25-10-26-50-100)101-51-27-11-28-52-101)116(107-75-69-92(5-2)70-76-107)123(126(89-83-99(84-90-126)96-47-23-9-24-48-96)120(111-65-41-18-42-66-111)114(104-57-33-14-34-58-104)105-59-35-15-36-60-105)117(108-77-71-93(6-3)72-78-108)122(115)125(87-81-98(82-88-125)95-45-21-8-22-46-95)119(110-63-39-17-40-64-110)113(102-53-29-12-30-54-102)103-55-31-13-32-56-103/h7-85,87,89H,4-6,86,88,90H2,1-3H3. The largest absolute Gasteiger partial charge is 0.0751 e.